The highest BCUT2D eigenvalue weighted by Crippen LogP contribution is 2.68. The molecule has 0 heterocycles. The van der Waals surface area contributed by atoms with E-state index in [2.05, 4.69) is 69.6 Å². The number of carbonyl (C=O) groups is 1. The van der Waals surface area contributed by atoms with Gasteiger partial charge in [0.1, 0.15) is 0 Å². The minimum Gasteiger partial charge on any atom is -0.289 e. The van der Waals surface area contributed by atoms with Crippen molar-refractivity contribution in [2.75, 3.05) is 0 Å². The zero-order valence-electron chi connectivity index (χ0n) is 8.44. The van der Waals surface area contributed by atoms with E-state index in [9.17, 15) is 31.1 Å². The first-order valence-electron chi connectivity index (χ1n) is 4.22. The maximum absolute atomic E-state index is 13.9. The topological polar surface area (TPSA) is 17.1 Å². The standard InChI is InChI=1S/C7Cl6F6O/c8-2(14)1(20)3(9,15)5(11,17)7(13,19)6(12,18)4(2,10)16. The molecule has 0 radical (unpaired) electrons. The Labute approximate surface area is 137 Å². The monoisotopic (exact) mass is 424 g/mol. The van der Waals surface area contributed by atoms with Gasteiger partial charge in [-0.05, 0) is 0 Å². The third-order valence-electron chi connectivity index (χ3n) is 2.54. The number of carbonyl (C=O) groups excluding carboxylic acids is 1. The van der Waals surface area contributed by atoms with Crippen LogP contribution in [0.25, 0.3) is 0 Å². The van der Waals surface area contributed by atoms with Crippen LogP contribution in [0.2, 0.25) is 0 Å². The van der Waals surface area contributed by atoms with Crippen molar-refractivity contribution in [3.05, 3.63) is 0 Å². The summed E-state index contributed by atoms with van der Waals surface area (Å²) in [7, 11) is 0. The fourth-order valence-corrected chi connectivity index (χ4v) is 2.99. The van der Waals surface area contributed by atoms with Crippen LogP contribution >= 0.6 is 69.6 Å². The average Bonchev–Trinajstić information content (AvgIpc) is 2.25. The molecule has 1 nitrogen and oxygen atoms in total. The third-order valence-corrected chi connectivity index (χ3v) is 5.97. The number of halogens is 12. The van der Waals surface area contributed by atoms with Gasteiger partial charge in [0.15, 0.2) is 0 Å². The lowest BCUT2D eigenvalue weighted by Crippen LogP contribution is -2.63. The van der Waals surface area contributed by atoms with E-state index in [1.807, 2.05) is 0 Å². The van der Waals surface area contributed by atoms with E-state index in [1.54, 1.807) is 0 Å². The Morgan fingerprint density at radius 3 is 0.950 bits per heavy atom. The van der Waals surface area contributed by atoms with Crippen LogP contribution in [-0.4, -0.2) is 36.6 Å². The molecule has 0 aromatic rings. The predicted molar refractivity (Wildman–Crippen MR) is 63.2 cm³/mol. The van der Waals surface area contributed by atoms with Crippen molar-refractivity contribution in [3.8, 4) is 0 Å². The molecule has 6 unspecified atom stereocenters. The zero-order chi connectivity index (χ0) is 16.6. The molecule has 0 saturated heterocycles. The molecule has 6 atom stereocenters. The molecule has 1 aliphatic carbocycles. The smallest absolute Gasteiger partial charge is 0.289 e. The molecule has 0 aromatic carbocycles. The molecule has 0 aromatic heterocycles. The molecule has 0 amide bonds. The Bertz CT molecular complexity index is 421. The lowest BCUT2D eigenvalue weighted by molar-refractivity contribution is -0.140. The molecule has 0 spiro atoms. The van der Waals surface area contributed by atoms with Crippen molar-refractivity contribution >= 4 is 75.4 Å². The van der Waals surface area contributed by atoms with Gasteiger partial charge >= 0.3 is 0 Å². The average molecular weight is 427 g/mol. The highest BCUT2D eigenvalue weighted by molar-refractivity contribution is 6.55. The lowest BCUT2D eigenvalue weighted by atomic mass is 10.1. The molecular weight excluding hydrogens is 427 g/mol. The summed E-state index contributed by atoms with van der Waals surface area (Å²) in [6, 6.07) is 0. The van der Waals surface area contributed by atoms with E-state index in [1.165, 1.54) is 0 Å². The summed E-state index contributed by atoms with van der Waals surface area (Å²) in [6.07, 6.45) is 0. The molecule has 1 saturated carbocycles. The summed E-state index contributed by atoms with van der Waals surface area (Å²) in [5.74, 6) is -3.06. The van der Waals surface area contributed by atoms with E-state index < -0.39 is 36.6 Å². The number of ketones is 1. The first kappa shape index (κ1) is 19.0. The van der Waals surface area contributed by atoms with Gasteiger partial charge in [-0.2, -0.15) is 0 Å². The molecule has 0 bridgehead atoms. The molecule has 1 fully saturated rings. The molecule has 20 heavy (non-hydrogen) atoms. The fraction of sp³-hybridized carbons (Fsp3) is 0.857. The van der Waals surface area contributed by atoms with E-state index in [-0.39, 0.29) is 0 Å². The van der Waals surface area contributed by atoms with Crippen LogP contribution in [0, 0.1) is 0 Å². The maximum Gasteiger partial charge on any atom is 0.298 e. The first-order valence-corrected chi connectivity index (χ1v) is 6.49. The van der Waals surface area contributed by atoms with Crippen LogP contribution in [0.4, 0.5) is 26.3 Å². The van der Waals surface area contributed by atoms with Gasteiger partial charge in [0.2, 0.25) is 5.78 Å². The van der Waals surface area contributed by atoms with Crippen LogP contribution in [-0.2, 0) is 4.79 Å². The highest BCUT2D eigenvalue weighted by atomic mass is 35.5. The molecular formula is C7Cl6F6O. The molecule has 1 rings (SSSR count). The van der Waals surface area contributed by atoms with E-state index in [4.69, 9.17) is 0 Å². The van der Waals surface area contributed by atoms with Gasteiger partial charge in [0, 0.05) is 0 Å². The van der Waals surface area contributed by atoms with Crippen LogP contribution < -0.4 is 0 Å². The van der Waals surface area contributed by atoms with Crippen LogP contribution in [0.15, 0.2) is 0 Å². The summed E-state index contributed by atoms with van der Waals surface area (Å²) in [5, 5.41) is -30.3. The summed E-state index contributed by atoms with van der Waals surface area (Å²) in [5.41, 5.74) is 0. The lowest BCUT2D eigenvalue weighted by Gasteiger charge is -2.40. The largest absolute Gasteiger partial charge is 0.298 e. The Kier molecular flexibility index (Phi) is 4.29. The molecule has 13 heteroatoms. The van der Waals surface area contributed by atoms with Gasteiger partial charge in [-0.1, -0.05) is 69.6 Å². The zero-order valence-corrected chi connectivity index (χ0v) is 13.0. The van der Waals surface area contributed by atoms with Crippen molar-refractivity contribution in [1.29, 1.82) is 0 Å². The van der Waals surface area contributed by atoms with Crippen LogP contribution in [0.1, 0.15) is 0 Å². The number of hydrogen-bond acceptors (Lipinski definition) is 1. The highest BCUT2D eigenvalue weighted by Gasteiger charge is 2.90. The Morgan fingerprint density at radius 1 is 0.550 bits per heavy atom. The third kappa shape index (κ3) is 1.83. The fourth-order valence-electron chi connectivity index (χ4n) is 1.27. The Balaban J connectivity index is 3.88. The number of Topliss-reactive ketones (excluding diaryl/α,β-unsaturated/α-hetero) is 1. The van der Waals surface area contributed by atoms with Crippen molar-refractivity contribution in [1.82, 2.24) is 0 Å². The van der Waals surface area contributed by atoms with Crippen molar-refractivity contribution in [3.63, 3.8) is 0 Å². The quantitative estimate of drug-likeness (QED) is 0.303. The van der Waals surface area contributed by atoms with Crippen LogP contribution in [0.3, 0.4) is 0 Å². The summed E-state index contributed by atoms with van der Waals surface area (Å²) in [4.78, 5) is 11.3. The van der Waals surface area contributed by atoms with Crippen molar-refractivity contribution in [2.45, 2.75) is 30.8 Å². The second-order valence-electron chi connectivity index (χ2n) is 3.78. The maximum atomic E-state index is 13.9. The molecule has 0 N–H and O–H groups in total. The van der Waals surface area contributed by atoms with Gasteiger partial charge in [-0.15, -0.1) is 0 Å². The molecule has 1 aliphatic rings. The SMILES string of the molecule is O=C1C(F)(Cl)C(F)(Cl)C(F)(Cl)C(F)(Cl)C(F)(Cl)C1(F)Cl. The van der Waals surface area contributed by atoms with Crippen molar-refractivity contribution in [2.24, 2.45) is 0 Å². The Hall–Kier alpha value is 0.990. The van der Waals surface area contributed by atoms with Crippen LogP contribution in [0.5, 0.6) is 0 Å². The molecule has 118 valence electrons. The van der Waals surface area contributed by atoms with Gasteiger partial charge in [0.05, 0.1) is 0 Å². The van der Waals surface area contributed by atoms with Crippen molar-refractivity contribution < 1.29 is 31.1 Å². The second kappa shape index (κ2) is 4.51. The molecule has 0 aliphatic heterocycles. The second-order valence-corrected chi connectivity index (χ2v) is 6.90. The van der Waals surface area contributed by atoms with Gasteiger partial charge < -0.3 is 0 Å². The van der Waals surface area contributed by atoms with E-state index in [0.717, 1.165) is 0 Å². The first-order chi connectivity index (χ1) is 8.40. The van der Waals surface area contributed by atoms with Gasteiger partial charge in [0.25, 0.3) is 30.8 Å². The summed E-state index contributed by atoms with van der Waals surface area (Å²) >= 11 is 27.7. The Morgan fingerprint density at radius 2 is 0.750 bits per heavy atom. The normalized spacial score (nSPS) is 61.3. The minimum atomic E-state index is -5.13. The number of hydrogen-bond donors (Lipinski definition) is 0. The minimum absolute atomic E-state index is 3.06. The van der Waals surface area contributed by atoms with E-state index in [0.29, 0.717) is 0 Å². The summed E-state index contributed by atoms with van der Waals surface area (Å²) < 4.78 is 83.2. The number of alkyl halides is 12. The number of rotatable bonds is 0. The van der Waals surface area contributed by atoms with E-state index >= 15 is 0 Å². The van der Waals surface area contributed by atoms with Gasteiger partial charge in [-0.3, -0.25) is 4.79 Å². The predicted octanol–water partition coefficient (Wildman–Crippen LogP) is 5.00. The summed E-state index contributed by atoms with van der Waals surface area (Å²) in [6.45, 7) is 0. The van der Waals surface area contributed by atoms with Gasteiger partial charge in [-0.25, -0.2) is 26.3 Å².